The van der Waals surface area contributed by atoms with Gasteiger partial charge in [0.15, 0.2) is 0 Å². The average molecular weight is 248 g/mol. The number of hydrogen-bond acceptors (Lipinski definition) is 5. The van der Waals surface area contributed by atoms with Crippen molar-refractivity contribution in [1.29, 1.82) is 0 Å². The Kier molecular flexibility index (Phi) is 3.83. The number of nitrogens with one attached hydrogen (secondary N) is 1. The van der Waals surface area contributed by atoms with Crippen molar-refractivity contribution in [2.45, 2.75) is 26.3 Å². The molecule has 4 nitrogen and oxygen atoms in total. The smallest absolute Gasteiger partial charge is 0.0837 e. The van der Waals surface area contributed by atoms with Gasteiger partial charge in [0.05, 0.1) is 16.6 Å². The van der Waals surface area contributed by atoms with Gasteiger partial charge in [0.25, 0.3) is 0 Å². The Balaban J connectivity index is 2.32. The minimum atomic E-state index is -0.0269. The normalized spacial score (nSPS) is 12.6. The van der Waals surface area contributed by atoms with Gasteiger partial charge in [-0.2, -0.15) is 0 Å². The molecule has 0 spiro atoms. The second-order valence-electron chi connectivity index (χ2n) is 3.92. The molecule has 1 atom stereocenters. The van der Waals surface area contributed by atoms with E-state index in [0.29, 0.717) is 0 Å². The third-order valence-corrected chi connectivity index (χ3v) is 3.73. The largest absolute Gasteiger partial charge is 0.271 e. The molecule has 0 saturated heterocycles. The van der Waals surface area contributed by atoms with Crippen molar-refractivity contribution in [2.75, 3.05) is 0 Å². The second-order valence-corrected chi connectivity index (χ2v) is 4.70. The third kappa shape index (κ3) is 2.52. The van der Waals surface area contributed by atoms with Crippen LogP contribution >= 0.6 is 11.5 Å². The standard InChI is InChI=1S/C12H16N4S/c1-3-9-4-6-10(7-5-9)11(14-13)12-8(2)15-16-17-12/h4-7,11,14H,3,13H2,1-2H3. The highest BCUT2D eigenvalue weighted by Crippen LogP contribution is 2.26. The molecule has 0 amide bonds. The third-order valence-electron chi connectivity index (χ3n) is 2.84. The summed E-state index contributed by atoms with van der Waals surface area (Å²) in [7, 11) is 0. The first-order valence-electron chi connectivity index (χ1n) is 5.60. The lowest BCUT2D eigenvalue weighted by Gasteiger charge is -2.15. The summed E-state index contributed by atoms with van der Waals surface area (Å²) in [5.74, 6) is 5.64. The SMILES string of the molecule is CCc1ccc(C(NN)c2snnc2C)cc1. The Morgan fingerprint density at radius 1 is 1.35 bits per heavy atom. The van der Waals surface area contributed by atoms with E-state index in [1.54, 1.807) is 0 Å². The van der Waals surface area contributed by atoms with E-state index in [9.17, 15) is 0 Å². The molecule has 17 heavy (non-hydrogen) atoms. The molecule has 0 aliphatic heterocycles. The van der Waals surface area contributed by atoms with Crippen molar-refractivity contribution in [1.82, 2.24) is 15.0 Å². The Labute approximate surface area is 105 Å². The van der Waals surface area contributed by atoms with E-state index >= 15 is 0 Å². The van der Waals surface area contributed by atoms with Crippen LogP contribution < -0.4 is 11.3 Å². The van der Waals surface area contributed by atoms with E-state index < -0.39 is 0 Å². The molecule has 3 N–H and O–H groups in total. The summed E-state index contributed by atoms with van der Waals surface area (Å²) in [6.45, 7) is 4.09. The van der Waals surface area contributed by atoms with Crippen LogP contribution in [-0.2, 0) is 6.42 Å². The Bertz CT molecular complexity index is 478. The molecule has 0 aliphatic rings. The van der Waals surface area contributed by atoms with Gasteiger partial charge < -0.3 is 0 Å². The summed E-state index contributed by atoms with van der Waals surface area (Å²) in [5.41, 5.74) is 6.22. The van der Waals surface area contributed by atoms with Crippen LogP contribution in [0.25, 0.3) is 0 Å². The topological polar surface area (TPSA) is 63.8 Å². The lowest BCUT2D eigenvalue weighted by molar-refractivity contribution is 0.641. The van der Waals surface area contributed by atoms with Crippen LogP contribution in [0.3, 0.4) is 0 Å². The van der Waals surface area contributed by atoms with Gasteiger partial charge in [0, 0.05) is 0 Å². The molecule has 0 aliphatic carbocycles. The zero-order valence-corrected chi connectivity index (χ0v) is 10.8. The highest BCUT2D eigenvalue weighted by Gasteiger charge is 2.17. The van der Waals surface area contributed by atoms with Crippen LogP contribution in [0.1, 0.15) is 34.7 Å². The predicted octanol–water partition coefficient (Wildman–Crippen LogP) is 1.96. The van der Waals surface area contributed by atoms with Gasteiger partial charge >= 0.3 is 0 Å². The van der Waals surface area contributed by atoms with Crippen molar-refractivity contribution in [3.63, 3.8) is 0 Å². The molecular weight excluding hydrogens is 232 g/mol. The fourth-order valence-electron chi connectivity index (χ4n) is 1.77. The summed E-state index contributed by atoms with van der Waals surface area (Å²) in [5, 5.41) is 4.02. The minimum Gasteiger partial charge on any atom is -0.271 e. The fourth-order valence-corrected chi connectivity index (χ4v) is 2.51. The quantitative estimate of drug-likeness (QED) is 0.641. The predicted molar refractivity (Wildman–Crippen MR) is 69.6 cm³/mol. The van der Waals surface area contributed by atoms with Gasteiger partial charge in [-0.15, -0.1) is 5.10 Å². The zero-order valence-electron chi connectivity index (χ0n) is 9.97. The second kappa shape index (κ2) is 5.35. The molecule has 1 heterocycles. The van der Waals surface area contributed by atoms with Gasteiger partial charge in [-0.1, -0.05) is 35.7 Å². The first-order valence-corrected chi connectivity index (χ1v) is 6.37. The number of benzene rings is 1. The Hall–Kier alpha value is -1.30. The van der Waals surface area contributed by atoms with Gasteiger partial charge in [-0.25, -0.2) is 5.43 Å². The van der Waals surface area contributed by atoms with E-state index in [-0.39, 0.29) is 6.04 Å². The molecule has 1 unspecified atom stereocenters. The van der Waals surface area contributed by atoms with E-state index in [1.807, 2.05) is 6.92 Å². The molecule has 0 saturated carbocycles. The maximum absolute atomic E-state index is 5.64. The fraction of sp³-hybridized carbons (Fsp3) is 0.333. The van der Waals surface area contributed by atoms with Gasteiger partial charge in [0.2, 0.25) is 0 Å². The summed E-state index contributed by atoms with van der Waals surface area (Å²) in [6.07, 6.45) is 1.04. The molecule has 90 valence electrons. The van der Waals surface area contributed by atoms with Crippen molar-refractivity contribution in [2.24, 2.45) is 5.84 Å². The van der Waals surface area contributed by atoms with Crippen LogP contribution in [0, 0.1) is 6.92 Å². The average Bonchev–Trinajstić information content (AvgIpc) is 2.78. The maximum atomic E-state index is 5.64. The number of aryl methyl sites for hydroxylation is 2. The first kappa shape index (κ1) is 12.2. The number of aromatic nitrogens is 2. The lowest BCUT2D eigenvalue weighted by Crippen LogP contribution is -2.28. The molecule has 2 rings (SSSR count). The van der Waals surface area contributed by atoms with Crippen molar-refractivity contribution < 1.29 is 0 Å². The van der Waals surface area contributed by atoms with E-state index in [4.69, 9.17) is 5.84 Å². The van der Waals surface area contributed by atoms with E-state index in [1.165, 1.54) is 17.1 Å². The van der Waals surface area contributed by atoms with Crippen molar-refractivity contribution in [3.8, 4) is 0 Å². The van der Waals surface area contributed by atoms with Gasteiger partial charge in [-0.05, 0) is 36.0 Å². The first-order chi connectivity index (χ1) is 8.26. The summed E-state index contributed by atoms with van der Waals surface area (Å²) in [6, 6.07) is 8.43. The van der Waals surface area contributed by atoms with Crippen molar-refractivity contribution in [3.05, 3.63) is 46.0 Å². The van der Waals surface area contributed by atoms with Crippen LogP contribution in [0.2, 0.25) is 0 Å². The van der Waals surface area contributed by atoms with E-state index in [0.717, 1.165) is 22.6 Å². The number of rotatable bonds is 4. The summed E-state index contributed by atoms with van der Waals surface area (Å²) < 4.78 is 3.95. The maximum Gasteiger partial charge on any atom is 0.0837 e. The molecule has 0 fully saturated rings. The minimum absolute atomic E-state index is 0.0269. The Morgan fingerprint density at radius 3 is 2.53 bits per heavy atom. The van der Waals surface area contributed by atoms with Crippen LogP contribution in [-0.4, -0.2) is 9.59 Å². The number of hydrogen-bond donors (Lipinski definition) is 2. The monoisotopic (exact) mass is 248 g/mol. The summed E-state index contributed by atoms with van der Waals surface area (Å²) in [4.78, 5) is 1.07. The highest BCUT2D eigenvalue weighted by atomic mass is 32.1. The highest BCUT2D eigenvalue weighted by molar-refractivity contribution is 7.05. The molecule has 5 heteroatoms. The van der Waals surface area contributed by atoms with Gasteiger partial charge in [-0.3, -0.25) is 5.84 Å². The molecule has 0 radical (unpaired) electrons. The van der Waals surface area contributed by atoms with Crippen molar-refractivity contribution >= 4 is 11.5 Å². The molecular formula is C12H16N4S. The summed E-state index contributed by atoms with van der Waals surface area (Å²) >= 11 is 1.38. The molecule has 0 bridgehead atoms. The van der Waals surface area contributed by atoms with E-state index in [2.05, 4.69) is 46.2 Å². The lowest BCUT2D eigenvalue weighted by atomic mass is 10.0. The number of nitrogens with zero attached hydrogens (tertiary/aromatic N) is 2. The molecule has 1 aromatic heterocycles. The van der Waals surface area contributed by atoms with Crippen LogP contribution in [0.15, 0.2) is 24.3 Å². The number of nitrogens with two attached hydrogens (primary N) is 1. The number of hydrazine groups is 1. The van der Waals surface area contributed by atoms with Crippen LogP contribution in [0.4, 0.5) is 0 Å². The van der Waals surface area contributed by atoms with Crippen LogP contribution in [0.5, 0.6) is 0 Å². The molecule has 1 aromatic carbocycles. The Morgan fingerprint density at radius 2 is 2.06 bits per heavy atom. The molecule has 2 aromatic rings. The van der Waals surface area contributed by atoms with Gasteiger partial charge in [0.1, 0.15) is 0 Å². The zero-order chi connectivity index (χ0) is 12.3.